The van der Waals surface area contributed by atoms with Crippen molar-refractivity contribution in [3.05, 3.63) is 29.8 Å². The molecule has 0 bridgehead atoms. The lowest BCUT2D eigenvalue weighted by molar-refractivity contribution is -0.117. The minimum atomic E-state index is -0.154. The average Bonchev–Trinajstić information content (AvgIpc) is 2.36. The van der Waals surface area contributed by atoms with Crippen LogP contribution in [-0.2, 0) is 4.79 Å². The molecule has 104 valence electrons. The number of benzene rings is 1. The topological polar surface area (TPSA) is 41.1 Å². The predicted octanol–water partition coefficient (Wildman–Crippen LogP) is 3.10. The molecule has 1 aliphatic carbocycles. The van der Waals surface area contributed by atoms with Gasteiger partial charge >= 0.3 is 0 Å². The zero-order valence-electron chi connectivity index (χ0n) is 12.1. The molecule has 19 heavy (non-hydrogen) atoms. The molecule has 0 heterocycles. The van der Waals surface area contributed by atoms with Gasteiger partial charge in [0.1, 0.15) is 0 Å². The summed E-state index contributed by atoms with van der Waals surface area (Å²) in [4.78, 5) is 12.0. The van der Waals surface area contributed by atoms with Gasteiger partial charge in [-0.25, -0.2) is 0 Å². The fourth-order valence-corrected chi connectivity index (χ4v) is 2.34. The smallest absolute Gasteiger partial charge is 0.241 e. The van der Waals surface area contributed by atoms with Crippen LogP contribution in [0.1, 0.15) is 38.7 Å². The van der Waals surface area contributed by atoms with Gasteiger partial charge in [0.05, 0.1) is 6.04 Å². The maximum atomic E-state index is 12.0. The molecule has 2 N–H and O–H groups in total. The number of hydrogen-bond acceptors (Lipinski definition) is 2. The van der Waals surface area contributed by atoms with Crippen LogP contribution in [0.25, 0.3) is 0 Å². The number of anilines is 1. The first-order valence-electron chi connectivity index (χ1n) is 7.09. The van der Waals surface area contributed by atoms with Crippen molar-refractivity contribution in [2.75, 3.05) is 11.9 Å². The second-order valence-corrected chi connectivity index (χ2v) is 6.12. The van der Waals surface area contributed by atoms with Crippen LogP contribution in [0.4, 0.5) is 5.69 Å². The molecule has 1 aliphatic rings. The Morgan fingerprint density at radius 3 is 2.47 bits per heavy atom. The molecule has 1 fully saturated rings. The number of hydrogen-bond donors (Lipinski definition) is 2. The highest BCUT2D eigenvalue weighted by atomic mass is 16.2. The van der Waals surface area contributed by atoms with Crippen molar-refractivity contribution in [2.45, 2.75) is 46.1 Å². The molecule has 1 atom stereocenters. The second-order valence-electron chi connectivity index (χ2n) is 6.12. The van der Waals surface area contributed by atoms with E-state index >= 15 is 0 Å². The van der Waals surface area contributed by atoms with Gasteiger partial charge < -0.3 is 10.6 Å². The molecule has 0 spiro atoms. The largest absolute Gasteiger partial charge is 0.325 e. The number of nitrogens with one attached hydrogen (secondary N) is 2. The van der Waals surface area contributed by atoms with Crippen LogP contribution in [0.15, 0.2) is 24.3 Å². The highest BCUT2D eigenvalue weighted by Crippen LogP contribution is 2.39. The Labute approximate surface area is 115 Å². The Hall–Kier alpha value is -1.35. The number of carbonyl (C=O) groups is 1. The molecular weight excluding hydrogens is 236 g/mol. The fourth-order valence-electron chi connectivity index (χ4n) is 2.34. The van der Waals surface area contributed by atoms with E-state index in [1.54, 1.807) is 0 Å². The van der Waals surface area contributed by atoms with Crippen molar-refractivity contribution >= 4 is 11.6 Å². The van der Waals surface area contributed by atoms with E-state index in [1.165, 1.54) is 24.8 Å². The molecule has 1 unspecified atom stereocenters. The Morgan fingerprint density at radius 1 is 1.32 bits per heavy atom. The molecule has 3 heteroatoms. The Kier molecular flexibility index (Phi) is 4.25. The first kappa shape index (κ1) is 14.1. The Balaban J connectivity index is 1.80. The third kappa shape index (κ3) is 3.80. The quantitative estimate of drug-likeness (QED) is 0.854. The zero-order chi connectivity index (χ0) is 13.9. The van der Waals surface area contributed by atoms with Gasteiger partial charge in [-0.05, 0) is 44.2 Å². The van der Waals surface area contributed by atoms with Gasteiger partial charge in [0.2, 0.25) is 5.91 Å². The molecule has 1 saturated carbocycles. The molecule has 3 nitrogen and oxygen atoms in total. The van der Waals surface area contributed by atoms with Crippen molar-refractivity contribution in [3.8, 4) is 0 Å². The lowest BCUT2D eigenvalue weighted by Crippen LogP contribution is -2.45. The summed E-state index contributed by atoms with van der Waals surface area (Å²) in [5.74, 6) is 0.0341. The van der Waals surface area contributed by atoms with Gasteiger partial charge in [-0.15, -0.1) is 0 Å². The number of carbonyl (C=O) groups excluding carboxylic acids is 1. The van der Waals surface area contributed by atoms with E-state index in [0.717, 1.165) is 12.2 Å². The van der Waals surface area contributed by atoms with Crippen LogP contribution in [0.2, 0.25) is 0 Å². The van der Waals surface area contributed by atoms with Crippen LogP contribution < -0.4 is 10.6 Å². The maximum Gasteiger partial charge on any atom is 0.241 e. The monoisotopic (exact) mass is 260 g/mol. The Morgan fingerprint density at radius 2 is 1.95 bits per heavy atom. The van der Waals surface area contributed by atoms with Gasteiger partial charge in [-0.2, -0.15) is 0 Å². The first-order valence-corrected chi connectivity index (χ1v) is 7.09. The molecule has 0 aliphatic heterocycles. The van der Waals surface area contributed by atoms with E-state index in [4.69, 9.17) is 0 Å². The molecule has 2 rings (SSSR count). The van der Waals surface area contributed by atoms with Crippen molar-refractivity contribution < 1.29 is 4.79 Å². The van der Waals surface area contributed by atoms with Gasteiger partial charge in [0, 0.05) is 12.2 Å². The van der Waals surface area contributed by atoms with Gasteiger partial charge in [-0.3, -0.25) is 4.79 Å². The van der Waals surface area contributed by atoms with E-state index < -0.39 is 0 Å². The van der Waals surface area contributed by atoms with Crippen LogP contribution >= 0.6 is 0 Å². The summed E-state index contributed by atoms with van der Waals surface area (Å²) in [5.41, 5.74) is 2.46. The highest BCUT2D eigenvalue weighted by molar-refractivity contribution is 5.94. The third-order valence-electron chi connectivity index (χ3n) is 4.11. The fraction of sp³-hybridized carbons (Fsp3) is 0.562. The standard InChI is InChI=1S/C16H24N2O/c1-12-5-7-14(8-6-12)18-15(19)13(2)17-11-16(3)9-4-10-16/h5-8,13,17H,4,9-11H2,1-3H3,(H,18,19). The van der Waals surface area contributed by atoms with Crippen LogP contribution in [0, 0.1) is 12.3 Å². The molecule has 1 aromatic carbocycles. The maximum absolute atomic E-state index is 12.0. The number of amides is 1. The Bertz CT molecular complexity index is 435. The van der Waals surface area contributed by atoms with E-state index in [0.29, 0.717) is 5.41 Å². The van der Waals surface area contributed by atoms with Gasteiger partial charge in [-0.1, -0.05) is 31.0 Å². The summed E-state index contributed by atoms with van der Waals surface area (Å²) in [6.45, 7) is 7.17. The van der Waals surface area contributed by atoms with Gasteiger partial charge in [0.25, 0.3) is 0 Å². The van der Waals surface area contributed by atoms with Crippen LogP contribution in [0.5, 0.6) is 0 Å². The van der Waals surface area contributed by atoms with E-state index in [2.05, 4.69) is 17.6 Å². The van der Waals surface area contributed by atoms with E-state index in [1.807, 2.05) is 38.1 Å². The number of rotatable bonds is 5. The van der Waals surface area contributed by atoms with E-state index in [9.17, 15) is 4.79 Å². The molecular formula is C16H24N2O. The summed E-state index contributed by atoms with van der Waals surface area (Å²) < 4.78 is 0. The summed E-state index contributed by atoms with van der Waals surface area (Å²) in [6.07, 6.45) is 3.86. The van der Waals surface area contributed by atoms with Crippen molar-refractivity contribution in [1.82, 2.24) is 5.32 Å². The van der Waals surface area contributed by atoms with Gasteiger partial charge in [0.15, 0.2) is 0 Å². The summed E-state index contributed by atoms with van der Waals surface area (Å²) >= 11 is 0. The summed E-state index contributed by atoms with van der Waals surface area (Å²) in [7, 11) is 0. The first-order chi connectivity index (χ1) is 8.98. The minimum Gasteiger partial charge on any atom is -0.325 e. The SMILES string of the molecule is Cc1ccc(NC(=O)C(C)NCC2(C)CCC2)cc1. The molecule has 0 saturated heterocycles. The zero-order valence-corrected chi connectivity index (χ0v) is 12.1. The minimum absolute atomic E-state index is 0.0341. The normalized spacial score (nSPS) is 18.5. The molecule has 1 amide bonds. The van der Waals surface area contributed by atoms with E-state index in [-0.39, 0.29) is 11.9 Å². The lowest BCUT2D eigenvalue weighted by Gasteiger charge is -2.39. The van der Waals surface area contributed by atoms with Crippen molar-refractivity contribution in [2.24, 2.45) is 5.41 Å². The van der Waals surface area contributed by atoms with Crippen molar-refractivity contribution in [1.29, 1.82) is 0 Å². The second kappa shape index (κ2) is 5.74. The highest BCUT2D eigenvalue weighted by Gasteiger charge is 2.32. The summed E-state index contributed by atoms with van der Waals surface area (Å²) in [6, 6.07) is 7.73. The lowest BCUT2D eigenvalue weighted by atomic mass is 9.70. The van der Waals surface area contributed by atoms with Crippen molar-refractivity contribution in [3.63, 3.8) is 0 Å². The molecule has 1 aromatic rings. The number of aryl methyl sites for hydroxylation is 1. The predicted molar refractivity (Wildman–Crippen MR) is 79.2 cm³/mol. The third-order valence-corrected chi connectivity index (χ3v) is 4.11. The van der Waals surface area contributed by atoms with Crippen LogP contribution in [-0.4, -0.2) is 18.5 Å². The summed E-state index contributed by atoms with van der Waals surface area (Å²) in [5, 5.41) is 6.28. The molecule has 0 aromatic heterocycles. The molecule has 0 radical (unpaired) electrons. The van der Waals surface area contributed by atoms with Crippen LogP contribution in [0.3, 0.4) is 0 Å². The average molecular weight is 260 g/mol.